The Labute approximate surface area is 237 Å². The summed E-state index contributed by atoms with van der Waals surface area (Å²) < 4.78 is 13.7. The van der Waals surface area contributed by atoms with Crippen molar-refractivity contribution < 1.29 is 24.2 Å². The van der Waals surface area contributed by atoms with Crippen molar-refractivity contribution >= 4 is 28.3 Å². The molecule has 5 rings (SSSR count). The first-order valence-electron chi connectivity index (χ1n) is 13.7. The van der Waals surface area contributed by atoms with Crippen molar-refractivity contribution in [3.63, 3.8) is 0 Å². The van der Waals surface area contributed by atoms with Gasteiger partial charge < -0.3 is 15.5 Å². The van der Waals surface area contributed by atoms with Crippen LogP contribution in [-0.2, 0) is 11.2 Å². The molecule has 40 heavy (non-hydrogen) atoms. The van der Waals surface area contributed by atoms with E-state index in [1.807, 2.05) is 44.2 Å². The fourth-order valence-electron chi connectivity index (χ4n) is 6.81. The number of nitrogens with one attached hydrogen (secondary N) is 2. The molecule has 4 N–H and O–H groups in total. The van der Waals surface area contributed by atoms with Gasteiger partial charge in [0, 0.05) is 28.2 Å². The number of thiazole rings is 1. The Morgan fingerprint density at radius 1 is 1.18 bits per heavy atom. The molecule has 2 aliphatic rings. The normalized spacial score (nSPS) is 28.2. The molecule has 2 aliphatic carbocycles. The third-order valence-electron chi connectivity index (χ3n) is 9.27. The summed E-state index contributed by atoms with van der Waals surface area (Å²) in [7, 11) is 0. The number of aromatic nitrogens is 1. The van der Waals surface area contributed by atoms with Crippen molar-refractivity contribution in [2.24, 2.45) is 16.7 Å². The van der Waals surface area contributed by atoms with Crippen LogP contribution in [0.3, 0.4) is 0 Å². The Morgan fingerprint density at radius 2 is 1.93 bits per heavy atom. The molecule has 212 valence electrons. The van der Waals surface area contributed by atoms with E-state index in [1.54, 1.807) is 0 Å². The molecule has 0 spiro atoms. The van der Waals surface area contributed by atoms with Gasteiger partial charge in [-0.25, -0.2) is 9.37 Å². The lowest BCUT2D eigenvalue weighted by Crippen LogP contribution is -2.57. The molecular weight excluding hydrogens is 529 g/mol. The lowest BCUT2D eigenvalue weighted by molar-refractivity contribution is -0.144. The zero-order chi connectivity index (χ0) is 28.7. The summed E-state index contributed by atoms with van der Waals surface area (Å²) in [6.07, 6.45) is 1.31. The molecule has 9 heteroatoms. The smallest absolute Gasteiger partial charge is 0.257 e. The van der Waals surface area contributed by atoms with Gasteiger partial charge in [0.15, 0.2) is 5.13 Å². The van der Waals surface area contributed by atoms with E-state index in [-0.39, 0.29) is 42.4 Å². The van der Waals surface area contributed by atoms with Gasteiger partial charge in [-0.3, -0.25) is 14.9 Å². The Morgan fingerprint density at radius 3 is 2.62 bits per heavy atom. The number of nitrogens with zero attached hydrogens (tertiary/aromatic N) is 1. The number of amides is 2. The van der Waals surface area contributed by atoms with Gasteiger partial charge in [0.1, 0.15) is 5.82 Å². The van der Waals surface area contributed by atoms with Crippen LogP contribution in [0.25, 0.3) is 0 Å². The van der Waals surface area contributed by atoms with Crippen molar-refractivity contribution in [2.45, 2.75) is 64.5 Å². The fourth-order valence-corrected chi connectivity index (χ4v) is 7.87. The fraction of sp³-hybridized carbons (Fsp3) is 0.452. The number of benzene rings is 2. The Balaban J connectivity index is 1.47. The molecule has 0 radical (unpaired) electrons. The van der Waals surface area contributed by atoms with Crippen LogP contribution in [0.5, 0.6) is 0 Å². The molecule has 0 saturated heterocycles. The molecule has 1 heterocycles. The molecule has 1 fully saturated rings. The van der Waals surface area contributed by atoms with Crippen LogP contribution in [0.4, 0.5) is 9.52 Å². The van der Waals surface area contributed by atoms with E-state index >= 15 is 0 Å². The number of anilines is 1. The second-order valence-corrected chi connectivity index (χ2v) is 12.8. The van der Waals surface area contributed by atoms with Gasteiger partial charge in [-0.2, -0.15) is 0 Å². The predicted octanol–water partition coefficient (Wildman–Crippen LogP) is 5.22. The van der Waals surface area contributed by atoms with Crippen molar-refractivity contribution in [1.82, 2.24) is 10.3 Å². The average molecular weight is 566 g/mol. The third-order valence-corrected chi connectivity index (χ3v) is 10.3. The molecule has 0 aliphatic heterocycles. The van der Waals surface area contributed by atoms with E-state index < -0.39 is 28.7 Å². The van der Waals surface area contributed by atoms with Gasteiger partial charge in [0.2, 0.25) is 5.91 Å². The lowest BCUT2D eigenvalue weighted by Gasteiger charge is -2.58. The number of carbonyl (C=O) groups is 2. The van der Waals surface area contributed by atoms with E-state index in [4.69, 9.17) is 4.98 Å². The first kappa shape index (κ1) is 28.4. The van der Waals surface area contributed by atoms with Crippen LogP contribution < -0.4 is 10.6 Å². The molecule has 0 bridgehead atoms. The highest BCUT2D eigenvalue weighted by Crippen LogP contribution is 2.62. The zero-order valence-electron chi connectivity index (χ0n) is 23.0. The summed E-state index contributed by atoms with van der Waals surface area (Å²) in [5.74, 6) is -1.45. The maximum atomic E-state index is 13.7. The molecule has 7 nitrogen and oxygen atoms in total. The molecule has 0 unspecified atom stereocenters. The molecule has 6 atom stereocenters. The quantitative estimate of drug-likeness (QED) is 0.314. The van der Waals surface area contributed by atoms with Gasteiger partial charge in [-0.05, 0) is 61.3 Å². The Kier molecular flexibility index (Phi) is 7.83. The van der Waals surface area contributed by atoms with Crippen molar-refractivity contribution in [3.8, 4) is 0 Å². The topological polar surface area (TPSA) is 112 Å². The average Bonchev–Trinajstić information content (AvgIpc) is 3.34. The molecule has 1 aromatic heterocycles. The monoisotopic (exact) mass is 565 g/mol. The summed E-state index contributed by atoms with van der Waals surface area (Å²) in [5.41, 5.74) is 0.822. The minimum atomic E-state index is -0.744. The number of aliphatic hydroxyl groups excluding tert-OH is 2. The first-order chi connectivity index (χ1) is 19.0. The summed E-state index contributed by atoms with van der Waals surface area (Å²) in [6, 6.07) is 15.1. The second-order valence-electron chi connectivity index (χ2n) is 11.7. The highest BCUT2D eigenvalue weighted by Gasteiger charge is 2.59. The number of carbonyl (C=O) groups excluding carboxylic acids is 2. The minimum Gasteiger partial charge on any atom is -0.396 e. The number of halogens is 1. The van der Waals surface area contributed by atoms with Crippen LogP contribution in [0, 0.1) is 22.6 Å². The zero-order valence-corrected chi connectivity index (χ0v) is 23.8. The van der Waals surface area contributed by atoms with Crippen molar-refractivity contribution in [2.75, 3.05) is 11.9 Å². The van der Waals surface area contributed by atoms with E-state index in [2.05, 4.69) is 17.6 Å². The summed E-state index contributed by atoms with van der Waals surface area (Å²) in [6.45, 7) is 5.85. The van der Waals surface area contributed by atoms with Crippen LogP contribution in [0.1, 0.15) is 78.5 Å². The van der Waals surface area contributed by atoms with E-state index in [9.17, 15) is 24.2 Å². The Bertz CT molecular complexity index is 1400. The summed E-state index contributed by atoms with van der Waals surface area (Å²) in [5, 5.41) is 27.8. The largest absolute Gasteiger partial charge is 0.396 e. The number of hydrogen-bond donors (Lipinski definition) is 4. The SMILES string of the molecule is C[C@@H](NC(=O)C[C@@H]1c2nc(NC(=O)c3cccc(F)c3)sc2C[C@@H]2[C@](C)(CO)[C@H](O)CC[C@]21C)c1ccccc1. The number of fused-ring (bicyclic) bond motifs is 2. The van der Waals surface area contributed by atoms with E-state index in [1.165, 1.54) is 35.6 Å². The Hall–Kier alpha value is -3.14. The highest BCUT2D eigenvalue weighted by molar-refractivity contribution is 7.15. The van der Waals surface area contributed by atoms with Crippen molar-refractivity contribution in [1.29, 1.82) is 0 Å². The van der Waals surface area contributed by atoms with Gasteiger partial charge in [-0.15, -0.1) is 11.3 Å². The minimum absolute atomic E-state index is 0.0992. The van der Waals surface area contributed by atoms with E-state index in [0.717, 1.165) is 16.1 Å². The predicted molar refractivity (Wildman–Crippen MR) is 153 cm³/mol. The van der Waals surface area contributed by atoms with Crippen molar-refractivity contribution in [3.05, 3.63) is 82.1 Å². The van der Waals surface area contributed by atoms with Gasteiger partial charge in [0.25, 0.3) is 5.91 Å². The molecule has 2 aromatic carbocycles. The molecule has 2 amide bonds. The maximum absolute atomic E-state index is 13.7. The van der Waals surface area contributed by atoms with Crippen LogP contribution in [-0.4, -0.2) is 39.7 Å². The molecular formula is C31H36FN3O4S. The van der Waals surface area contributed by atoms with Gasteiger partial charge in [-0.1, -0.05) is 50.2 Å². The second kappa shape index (κ2) is 11.0. The van der Waals surface area contributed by atoms with Crippen LogP contribution in [0.15, 0.2) is 54.6 Å². The molecule has 3 aromatic rings. The summed E-state index contributed by atoms with van der Waals surface area (Å²) >= 11 is 1.34. The number of aliphatic hydroxyl groups is 2. The van der Waals surface area contributed by atoms with Crippen LogP contribution >= 0.6 is 11.3 Å². The van der Waals surface area contributed by atoms with Gasteiger partial charge in [0.05, 0.1) is 24.4 Å². The van der Waals surface area contributed by atoms with Crippen LogP contribution in [0.2, 0.25) is 0 Å². The summed E-state index contributed by atoms with van der Waals surface area (Å²) in [4.78, 5) is 32.1. The van der Waals surface area contributed by atoms with Gasteiger partial charge >= 0.3 is 0 Å². The highest BCUT2D eigenvalue weighted by atomic mass is 32.1. The third kappa shape index (κ3) is 5.18. The van der Waals surface area contributed by atoms with E-state index in [0.29, 0.717) is 24.4 Å². The lowest BCUT2D eigenvalue weighted by atomic mass is 9.47. The first-order valence-corrected chi connectivity index (χ1v) is 14.6. The molecule has 1 saturated carbocycles. The standard InChI is InChI=1S/C31H36FN3O4S/c1-18(19-8-5-4-6-9-19)33-26(38)15-22-27-23(16-24-30(22,2)13-12-25(37)31(24,3)17-36)40-29(34-27)35-28(39)20-10-7-11-21(32)14-20/h4-11,14,18,22,24-25,36-37H,12-13,15-17H2,1-3H3,(H,33,38)(H,34,35,39)/t18-,22-,24+,25-,30+,31+/m1/s1. The maximum Gasteiger partial charge on any atom is 0.257 e. The number of rotatable bonds is 7. The number of hydrogen-bond acceptors (Lipinski definition) is 6.